The second kappa shape index (κ2) is 10.3. The Hall–Kier alpha value is -4.62. The van der Waals surface area contributed by atoms with Crippen LogP contribution in [-0.4, -0.2) is 28.5 Å². The molecule has 39 heavy (non-hydrogen) atoms. The Bertz CT molecular complexity index is 1720. The molecule has 0 fully saturated rings. The summed E-state index contributed by atoms with van der Waals surface area (Å²) < 4.78 is 30.4. The maximum Gasteiger partial charge on any atom is 0.266 e. The van der Waals surface area contributed by atoms with E-state index < -0.39 is 22.1 Å². The predicted molar refractivity (Wildman–Crippen MR) is 153 cm³/mol. The van der Waals surface area contributed by atoms with E-state index in [2.05, 4.69) is 4.98 Å². The quantitative estimate of drug-likeness (QED) is 0.255. The van der Waals surface area contributed by atoms with Crippen molar-refractivity contribution in [1.82, 2.24) is 14.3 Å². The first kappa shape index (κ1) is 24.7. The number of pyridine rings is 2. The lowest BCUT2D eigenvalue weighted by Gasteiger charge is -2.30. The molecule has 1 aliphatic heterocycles. The van der Waals surface area contributed by atoms with Crippen LogP contribution < -0.4 is 0 Å². The van der Waals surface area contributed by atoms with Crippen molar-refractivity contribution in [2.75, 3.05) is 0 Å². The van der Waals surface area contributed by atoms with Gasteiger partial charge < -0.3 is 0 Å². The summed E-state index contributed by atoms with van der Waals surface area (Å²) in [5.41, 5.74) is 4.56. The molecule has 7 heteroatoms. The number of hydrogen-bond donors (Lipinski definition) is 0. The van der Waals surface area contributed by atoms with Crippen LogP contribution in [0.5, 0.6) is 0 Å². The molecule has 0 spiro atoms. The second-order valence-electron chi connectivity index (χ2n) is 9.40. The van der Waals surface area contributed by atoms with Crippen LogP contribution in [0, 0.1) is 6.92 Å². The average molecular weight is 531 g/mol. The molecule has 1 aliphatic rings. The number of aryl methyl sites for hydroxylation is 1. The molecule has 0 saturated carbocycles. The SMILES string of the molecule is Cc1ccc(S(=O)(=O)N2C(c3cccc(-c4ccccn4)n3)=N[C@@H](c3ccccc3)[C@@H]2c2ccccc2)cc1. The first-order valence-electron chi connectivity index (χ1n) is 12.7. The normalized spacial score (nSPS) is 17.2. The number of nitrogens with zero attached hydrogens (tertiary/aromatic N) is 4. The number of hydrogen-bond acceptors (Lipinski definition) is 5. The fourth-order valence-corrected chi connectivity index (χ4v) is 6.49. The van der Waals surface area contributed by atoms with E-state index in [1.807, 2.05) is 110 Å². The van der Waals surface area contributed by atoms with Gasteiger partial charge >= 0.3 is 0 Å². The fraction of sp³-hybridized carbons (Fsp3) is 0.0938. The number of benzene rings is 3. The van der Waals surface area contributed by atoms with Gasteiger partial charge in [-0.05, 0) is 54.4 Å². The molecule has 0 amide bonds. The van der Waals surface area contributed by atoms with Crippen LogP contribution in [-0.2, 0) is 10.0 Å². The van der Waals surface area contributed by atoms with E-state index in [-0.39, 0.29) is 4.90 Å². The van der Waals surface area contributed by atoms with Crippen LogP contribution >= 0.6 is 0 Å². The number of aliphatic imine (C=N–C) groups is 1. The van der Waals surface area contributed by atoms with Crippen LogP contribution in [0.1, 0.15) is 34.5 Å². The fourth-order valence-electron chi connectivity index (χ4n) is 4.88. The average Bonchev–Trinajstić information content (AvgIpc) is 3.41. The number of sulfonamides is 1. The second-order valence-corrected chi connectivity index (χ2v) is 11.2. The summed E-state index contributed by atoms with van der Waals surface area (Å²) in [6.45, 7) is 1.93. The van der Waals surface area contributed by atoms with Crippen molar-refractivity contribution in [3.05, 3.63) is 150 Å². The zero-order chi connectivity index (χ0) is 26.8. The smallest absolute Gasteiger partial charge is 0.255 e. The summed E-state index contributed by atoms with van der Waals surface area (Å²) in [5, 5.41) is 0. The Morgan fingerprint density at radius 3 is 1.92 bits per heavy atom. The lowest BCUT2D eigenvalue weighted by molar-refractivity contribution is 0.419. The minimum atomic E-state index is -4.02. The summed E-state index contributed by atoms with van der Waals surface area (Å²) in [4.78, 5) is 14.6. The van der Waals surface area contributed by atoms with Crippen molar-refractivity contribution < 1.29 is 8.42 Å². The number of aromatic nitrogens is 2. The Kier molecular flexibility index (Phi) is 6.50. The minimum Gasteiger partial charge on any atom is -0.255 e. The third-order valence-electron chi connectivity index (χ3n) is 6.79. The topological polar surface area (TPSA) is 75.5 Å². The molecule has 6 nitrogen and oxygen atoms in total. The highest BCUT2D eigenvalue weighted by Gasteiger charge is 2.46. The molecule has 0 unspecified atom stereocenters. The molecule has 0 bridgehead atoms. The molecule has 5 aromatic rings. The molecule has 0 aliphatic carbocycles. The van der Waals surface area contributed by atoms with E-state index in [0.29, 0.717) is 22.9 Å². The van der Waals surface area contributed by atoms with Gasteiger partial charge in [0.25, 0.3) is 10.0 Å². The van der Waals surface area contributed by atoms with E-state index in [4.69, 9.17) is 9.98 Å². The monoisotopic (exact) mass is 530 g/mol. The molecule has 192 valence electrons. The van der Waals surface area contributed by atoms with Gasteiger partial charge in [0.2, 0.25) is 0 Å². The van der Waals surface area contributed by atoms with Gasteiger partial charge in [0, 0.05) is 6.20 Å². The third-order valence-corrected chi connectivity index (χ3v) is 8.57. The van der Waals surface area contributed by atoms with Gasteiger partial charge in [0.05, 0.1) is 22.3 Å². The van der Waals surface area contributed by atoms with Crippen molar-refractivity contribution in [2.24, 2.45) is 4.99 Å². The molecule has 0 N–H and O–H groups in total. The van der Waals surface area contributed by atoms with Crippen molar-refractivity contribution in [2.45, 2.75) is 23.9 Å². The maximum atomic E-state index is 14.4. The van der Waals surface area contributed by atoms with Crippen LogP contribution in [0.15, 0.2) is 137 Å². The maximum absolute atomic E-state index is 14.4. The largest absolute Gasteiger partial charge is 0.266 e. The van der Waals surface area contributed by atoms with Gasteiger partial charge in [-0.3, -0.25) is 9.98 Å². The van der Waals surface area contributed by atoms with Crippen LogP contribution in [0.4, 0.5) is 0 Å². The predicted octanol–water partition coefficient (Wildman–Crippen LogP) is 6.39. The molecule has 3 aromatic carbocycles. The van der Waals surface area contributed by atoms with Gasteiger partial charge in [0.1, 0.15) is 11.7 Å². The molecular weight excluding hydrogens is 504 g/mol. The Morgan fingerprint density at radius 2 is 1.26 bits per heavy atom. The molecule has 0 radical (unpaired) electrons. The lowest BCUT2D eigenvalue weighted by Crippen LogP contribution is -2.38. The number of amidine groups is 1. The van der Waals surface area contributed by atoms with Crippen LogP contribution in [0.2, 0.25) is 0 Å². The highest BCUT2D eigenvalue weighted by molar-refractivity contribution is 7.89. The first-order valence-corrected chi connectivity index (χ1v) is 14.1. The molecule has 2 aromatic heterocycles. The Morgan fingerprint density at radius 1 is 0.641 bits per heavy atom. The van der Waals surface area contributed by atoms with E-state index in [0.717, 1.165) is 16.7 Å². The molecule has 6 rings (SSSR count). The Labute approximate surface area is 228 Å². The highest BCUT2D eigenvalue weighted by atomic mass is 32.2. The molecule has 2 atom stereocenters. The summed E-state index contributed by atoms with van der Waals surface area (Å²) in [6.07, 6.45) is 1.71. The van der Waals surface area contributed by atoms with Gasteiger partial charge in [0.15, 0.2) is 5.84 Å². The third kappa shape index (κ3) is 4.73. The van der Waals surface area contributed by atoms with Crippen molar-refractivity contribution >= 4 is 15.9 Å². The summed E-state index contributed by atoms with van der Waals surface area (Å²) in [5.74, 6) is 0.302. The zero-order valence-electron chi connectivity index (χ0n) is 21.3. The van der Waals surface area contributed by atoms with E-state index in [1.54, 1.807) is 24.4 Å². The lowest BCUT2D eigenvalue weighted by atomic mass is 9.95. The van der Waals surface area contributed by atoms with Crippen molar-refractivity contribution in [3.63, 3.8) is 0 Å². The van der Waals surface area contributed by atoms with E-state index in [1.165, 1.54) is 4.31 Å². The van der Waals surface area contributed by atoms with Crippen LogP contribution in [0.3, 0.4) is 0 Å². The molecule has 3 heterocycles. The zero-order valence-corrected chi connectivity index (χ0v) is 22.1. The highest BCUT2D eigenvalue weighted by Crippen LogP contribution is 2.46. The van der Waals surface area contributed by atoms with Crippen molar-refractivity contribution in [3.8, 4) is 11.4 Å². The van der Waals surface area contributed by atoms with Crippen LogP contribution in [0.25, 0.3) is 11.4 Å². The van der Waals surface area contributed by atoms with E-state index in [9.17, 15) is 8.42 Å². The summed E-state index contributed by atoms with van der Waals surface area (Å²) in [7, 11) is -4.02. The molecular formula is C32H26N4O2S. The van der Waals surface area contributed by atoms with Crippen molar-refractivity contribution in [1.29, 1.82) is 0 Å². The minimum absolute atomic E-state index is 0.205. The Balaban J connectivity index is 1.58. The molecule has 0 saturated heterocycles. The van der Waals surface area contributed by atoms with Gasteiger partial charge in [-0.2, -0.15) is 0 Å². The van der Waals surface area contributed by atoms with Gasteiger partial charge in [-0.15, -0.1) is 0 Å². The standard InChI is InChI=1S/C32H26N4O2S/c1-23-18-20-26(21-19-23)39(37,38)36-31(25-13-6-3-7-14-25)30(24-11-4-2-5-12-24)35-32(36)29-17-10-16-28(34-29)27-15-8-9-22-33-27/h2-22,30-31H,1H3/t30-,31-/m0/s1. The van der Waals surface area contributed by atoms with Gasteiger partial charge in [-0.1, -0.05) is 90.5 Å². The summed E-state index contributed by atoms with van der Waals surface area (Å²) >= 11 is 0. The summed E-state index contributed by atoms with van der Waals surface area (Å²) in [6, 6.07) is 36.5. The number of rotatable bonds is 6. The first-order chi connectivity index (χ1) is 19.0. The van der Waals surface area contributed by atoms with Gasteiger partial charge in [-0.25, -0.2) is 17.7 Å². The van der Waals surface area contributed by atoms with E-state index >= 15 is 0 Å².